The number of nitrogens with zero attached hydrogens (tertiary/aromatic N) is 1. The Bertz CT molecular complexity index is 1900. The number of carbonyl (C=O) groups excluding carboxylic acids is 8. The summed E-state index contributed by atoms with van der Waals surface area (Å²) in [7, 11) is 0. The summed E-state index contributed by atoms with van der Waals surface area (Å²) >= 11 is 0. The predicted octanol–water partition coefficient (Wildman–Crippen LogP) is -0.819. The lowest BCUT2D eigenvalue weighted by atomic mass is 9.98. The summed E-state index contributed by atoms with van der Waals surface area (Å²) in [5, 5.41) is 19.6. The van der Waals surface area contributed by atoms with E-state index in [1.807, 2.05) is 72.8 Å². The molecular formula is C40H50N8O9. The summed E-state index contributed by atoms with van der Waals surface area (Å²) in [4.78, 5) is 105. The zero-order chi connectivity index (χ0) is 41.2. The average Bonchev–Trinajstić information content (AvgIpc) is 3.19. The first-order valence-electron chi connectivity index (χ1n) is 18.7. The molecule has 0 aliphatic carbocycles. The van der Waals surface area contributed by atoms with Crippen molar-refractivity contribution in [2.24, 2.45) is 0 Å². The van der Waals surface area contributed by atoms with Crippen LogP contribution in [0.5, 0.6) is 0 Å². The van der Waals surface area contributed by atoms with Gasteiger partial charge in [-0.25, -0.2) is 0 Å². The summed E-state index contributed by atoms with van der Waals surface area (Å²) in [6.07, 6.45) is -0.859. The summed E-state index contributed by atoms with van der Waals surface area (Å²) < 4.78 is 6.02. The van der Waals surface area contributed by atoms with Crippen molar-refractivity contribution in [2.45, 2.75) is 57.9 Å². The number of carbonyl (C=O) groups is 8. The van der Waals surface area contributed by atoms with Crippen molar-refractivity contribution >= 4 is 58.0 Å². The highest BCUT2D eigenvalue weighted by molar-refractivity contribution is 5.96. The Kier molecular flexibility index (Phi) is 16.9. The normalized spacial score (nSPS) is 18.8. The molecule has 4 rings (SSSR count). The summed E-state index contributed by atoms with van der Waals surface area (Å²) in [6.45, 7) is 1.29. The minimum absolute atomic E-state index is 0.00941. The molecule has 3 aromatic carbocycles. The van der Waals surface area contributed by atoms with E-state index in [0.717, 1.165) is 26.8 Å². The summed E-state index contributed by atoms with van der Waals surface area (Å²) in [5.41, 5.74) is 1.59. The molecular weight excluding hydrogens is 736 g/mol. The maximum Gasteiger partial charge on any atom is 0.246 e. The van der Waals surface area contributed by atoms with Crippen LogP contribution >= 0.6 is 0 Å². The molecule has 304 valence electrons. The van der Waals surface area contributed by atoms with Gasteiger partial charge in [0.2, 0.25) is 47.3 Å². The van der Waals surface area contributed by atoms with E-state index in [1.165, 1.54) is 6.92 Å². The second kappa shape index (κ2) is 22.3. The second-order valence-electron chi connectivity index (χ2n) is 13.6. The van der Waals surface area contributed by atoms with Gasteiger partial charge in [0.15, 0.2) is 0 Å². The zero-order valence-electron chi connectivity index (χ0n) is 32.1. The number of hydrogen-bond acceptors (Lipinski definition) is 9. The van der Waals surface area contributed by atoms with Crippen molar-refractivity contribution in [3.63, 3.8) is 0 Å². The molecule has 3 atom stereocenters. The fourth-order valence-corrected chi connectivity index (χ4v) is 5.99. The van der Waals surface area contributed by atoms with E-state index in [1.54, 1.807) is 6.92 Å². The zero-order valence-corrected chi connectivity index (χ0v) is 32.1. The van der Waals surface area contributed by atoms with Gasteiger partial charge in [-0.05, 0) is 35.2 Å². The van der Waals surface area contributed by atoms with Gasteiger partial charge >= 0.3 is 0 Å². The van der Waals surface area contributed by atoms with Crippen molar-refractivity contribution in [1.29, 1.82) is 0 Å². The Morgan fingerprint density at radius 1 is 0.807 bits per heavy atom. The van der Waals surface area contributed by atoms with Crippen LogP contribution in [0.4, 0.5) is 0 Å². The van der Waals surface area contributed by atoms with Crippen molar-refractivity contribution in [1.82, 2.24) is 42.1 Å². The Balaban J connectivity index is 1.65. The van der Waals surface area contributed by atoms with Crippen LogP contribution in [0.2, 0.25) is 0 Å². The molecule has 0 saturated carbocycles. The monoisotopic (exact) mass is 786 g/mol. The molecule has 17 heteroatoms. The summed E-state index contributed by atoms with van der Waals surface area (Å²) in [6, 6.07) is 19.6. The minimum atomic E-state index is -1.47. The average molecular weight is 787 g/mol. The third-order valence-electron chi connectivity index (χ3n) is 8.84. The molecule has 1 aliphatic rings. The number of benzene rings is 3. The third-order valence-corrected chi connectivity index (χ3v) is 8.84. The van der Waals surface area contributed by atoms with E-state index in [9.17, 15) is 38.4 Å². The number of amides is 8. The van der Waals surface area contributed by atoms with Gasteiger partial charge < -0.3 is 46.9 Å². The van der Waals surface area contributed by atoms with Gasteiger partial charge in [-0.15, -0.1) is 0 Å². The van der Waals surface area contributed by atoms with Crippen LogP contribution < -0.4 is 37.2 Å². The molecule has 3 aromatic rings. The molecule has 1 unspecified atom stereocenters. The standard InChI is InChI=1S/C40H50N8O9/c1-26(57-25-28-10-4-3-5-11-28)23-48-24-38(54)46-32(18-30-14-8-13-29-12-6-7-15-31(29)30)39(55)45-21-36(52)44-20-35(51)42-17-9-16-41-34(50)19-33(40(48)56)47-37(53)22-43-27(2)49/h3-8,10-15,26,32-33H,9,16-25H2,1-2H3,(H,41,50)(H,42,51)(H,43,49)(H,44,52)(H,45,55)(H,46,54)(H,47,53)/t26?,32-,33+/m1/s1. The lowest BCUT2D eigenvalue weighted by Crippen LogP contribution is -2.57. The van der Waals surface area contributed by atoms with E-state index < -0.39 is 91.5 Å². The molecule has 1 fully saturated rings. The van der Waals surface area contributed by atoms with Crippen LogP contribution in [0.3, 0.4) is 0 Å². The summed E-state index contributed by atoms with van der Waals surface area (Å²) in [5.74, 6) is -5.23. The highest BCUT2D eigenvalue weighted by Gasteiger charge is 2.32. The van der Waals surface area contributed by atoms with E-state index in [0.29, 0.717) is 6.42 Å². The molecule has 1 heterocycles. The lowest BCUT2D eigenvalue weighted by molar-refractivity contribution is -0.143. The molecule has 57 heavy (non-hydrogen) atoms. The fraction of sp³-hybridized carbons (Fsp3) is 0.400. The van der Waals surface area contributed by atoms with Crippen LogP contribution in [-0.2, 0) is 56.1 Å². The molecule has 0 bridgehead atoms. The van der Waals surface area contributed by atoms with Crippen LogP contribution in [0.25, 0.3) is 10.8 Å². The van der Waals surface area contributed by atoms with Crippen LogP contribution in [0.1, 0.15) is 37.8 Å². The molecule has 17 nitrogen and oxygen atoms in total. The number of rotatable bonds is 10. The Labute approximate surface area is 330 Å². The first kappa shape index (κ1) is 43.4. The van der Waals surface area contributed by atoms with Crippen molar-refractivity contribution in [2.75, 3.05) is 45.8 Å². The first-order valence-corrected chi connectivity index (χ1v) is 18.7. The van der Waals surface area contributed by atoms with Crippen molar-refractivity contribution < 1.29 is 43.1 Å². The fourth-order valence-electron chi connectivity index (χ4n) is 5.99. The quantitative estimate of drug-likeness (QED) is 0.136. The largest absolute Gasteiger partial charge is 0.372 e. The minimum Gasteiger partial charge on any atom is -0.372 e. The molecule has 8 amide bonds. The smallest absolute Gasteiger partial charge is 0.246 e. The number of nitrogens with one attached hydrogen (secondary N) is 7. The maximum absolute atomic E-state index is 14.3. The van der Waals surface area contributed by atoms with Crippen molar-refractivity contribution in [3.05, 3.63) is 83.9 Å². The van der Waals surface area contributed by atoms with Gasteiger partial charge in [0.05, 0.1) is 45.3 Å². The van der Waals surface area contributed by atoms with Crippen molar-refractivity contribution in [3.8, 4) is 0 Å². The number of fused-ring (bicyclic) bond motifs is 1. The highest BCUT2D eigenvalue weighted by atomic mass is 16.5. The number of hydrogen-bond donors (Lipinski definition) is 7. The topological polar surface area (TPSA) is 233 Å². The lowest BCUT2D eigenvalue weighted by Gasteiger charge is -2.30. The maximum atomic E-state index is 14.3. The van der Waals surface area contributed by atoms with E-state index in [2.05, 4.69) is 37.2 Å². The molecule has 0 spiro atoms. The van der Waals surface area contributed by atoms with Gasteiger partial charge in [-0.3, -0.25) is 38.4 Å². The Hall–Kier alpha value is -6.36. The van der Waals surface area contributed by atoms with Gasteiger partial charge in [0.1, 0.15) is 12.1 Å². The molecule has 0 radical (unpaired) electrons. The highest BCUT2D eigenvalue weighted by Crippen LogP contribution is 2.20. The third kappa shape index (κ3) is 15.0. The predicted molar refractivity (Wildman–Crippen MR) is 209 cm³/mol. The molecule has 1 saturated heterocycles. The Morgan fingerprint density at radius 3 is 2.23 bits per heavy atom. The Morgan fingerprint density at radius 2 is 1.47 bits per heavy atom. The van der Waals surface area contributed by atoms with E-state index >= 15 is 0 Å². The van der Waals surface area contributed by atoms with Gasteiger partial charge in [-0.1, -0.05) is 72.8 Å². The second-order valence-corrected chi connectivity index (χ2v) is 13.6. The molecule has 7 N–H and O–H groups in total. The van der Waals surface area contributed by atoms with Gasteiger partial charge in [-0.2, -0.15) is 0 Å². The van der Waals surface area contributed by atoms with Crippen LogP contribution in [0.15, 0.2) is 72.8 Å². The van der Waals surface area contributed by atoms with Gasteiger partial charge in [0, 0.05) is 33.0 Å². The molecule has 1 aliphatic heterocycles. The molecule has 0 aromatic heterocycles. The SMILES string of the molecule is CC(=O)NCC(=O)N[C@H]1CC(=O)NCCCNC(=O)CNC(=O)CNC(=O)[C@@H](Cc2cccc3ccccc23)NC(=O)CN(CC(C)OCc2ccccc2)C1=O. The van der Waals surface area contributed by atoms with Gasteiger partial charge in [0.25, 0.3) is 0 Å². The van der Waals surface area contributed by atoms with Crippen LogP contribution in [0, 0.1) is 0 Å². The van der Waals surface area contributed by atoms with E-state index in [4.69, 9.17) is 4.74 Å². The van der Waals surface area contributed by atoms with E-state index in [-0.39, 0.29) is 39.2 Å². The van der Waals surface area contributed by atoms with Crippen LogP contribution in [-0.4, -0.2) is 116 Å². The number of ether oxygens (including phenoxy) is 1. The first-order chi connectivity index (χ1) is 27.4.